The van der Waals surface area contributed by atoms with Crippen LogP contribution in [0.5, 0.6) is 11.5 Å². The highest BCUT2D eigenvalue weighted by Gasteiger charge is 2.32. The molecule has 0 spiro atoms. The van der Waals surface area contributed by atoms with Crippen LogP contribution in [0, 0.1) is 0 Å². The van der Waals surface area contributed by atoms with Gasteiger partial charge < -0.3 is 28.4 Å². The Labute approximate surface area is 268 Å². The van der Waals surface area contributed by atoms with E-state index in [2.05, 4.69) is 53.7 Å². The van der Waals surface area contributed by atoms with Crippen molar-refractivity contribution in [3.8, 4) is 11.5 Å². The predicted octanol–water partition coefficient (Wildman–Crippen LogP) is 7.35. The smallest absolute Gasteiger partial charge is 0.189 e. The minimum atomic E-state index is -1.28. The quantitative estimate of drug-likeness (QED) is 0.0974. The van der Waals surface area contributed by atoms with E-state index >= 15 is 0 Å². The lowest BCUT2D eigenvalue weighted by atomic mass is 9.86. The maximum absolute atomic E-state index is 6.87. The Balaban J connectivity index is 2.31. The van der Waals surface area contributed by atoms with E-state index in [1.165, 1.54) is 0 Å². The molecular weight excluding hydrogens is 606 g/mol. The van der Waals surface area contributed by atoms with E-state index < -0.39 is 7.92 Å². The second-order valence-electron chi connectivity index (χ2n) is 12.1. The number of halogens is 2. The lowest BCUT2D eigenvalue weighted by molar-refractivity contribution is -0.00870. The molecular formula is C34H45Cl2O6P. The predicted molar refractivity (Wildman–Crippen MR) is 179 cm³/mol. The highest BCUT2D eigenvalue weighted by molar-refractivity contribution is 7.80. The Morgan fingerprint density at radius 3 is 1.40 bits per heavy atom. The summed E-state index contributed by atoms with van der Waals surface area (Å²) in [5.41, 5.74) is 1.44. The van der Waals surface area contributed by atoms with Crippen LogP contribution < -0.4 is 25.4 Å². The van der Waals surface area contributed by atoms with Crippen molar-refractivity contribution < 1.29 is 28.4 Å². The molecule has 0 bridgehead atoms. The van der Waals surface area contributed by atoms with Crippen LogP contribution in [-0.4, -0.2) is 54.2 Å². The van der Waals surface area contributed by atoms with Gasteiger partial charge in [0.15, 0.2) is 13.6 Å². The summed E-state index contributed by atoms with van der Waals surface area (Å²) in [7, 11) is 2.01. The first kappa shape index (κ1) is 35.6. The van der Waals surface area contributed by atoms with Crippen LogP contribution in [-0.2, 0) is 29.8 Å². The highest BCUT2D eigenvalue weighted by atomic mass is 35.5. The fraction of sp³-hybridized carbons (Fsp3) is 0.471. The van der Waals surface area contributed by atoms with Gasteiger partial charge >= 0.3 is 0 Å². The molecule has 0 saturated heterocycles. The van der Waals surface area contributed by atoms with E-state index in [1.807, 2.05) is 42.5 Å². The summed E-state index contributed by atoms with van der Waals surface area (Å²) >= 11 is 13.7. The molecule has 0 aliphatic rings. The number of rotatable bonds is 15. The van der Waals surface area contributed by atoms with Crippen molar-refractivity contribution >= 4 is 47.0 Å². The van der Waals surface area contributed by atoms with Crippen LogP contribution in [0.1, 0.15) is 52.7 Å². The lowest BCUT2D eigenvalue weighted by Gasteiger charge is -2.31. The van der Waals surface area contributed by atoms with E-state index in [-0.39, 0.29) is 24.4 Å². The van der Waals surface area contributed by atoms with E-state index in [4.69, 9.17) is 51.6 Å². The van der Waals surface area contributed by atoms with Gasteiger partial charge in [-0.3, -0.25) is 0 Å². The highest BCUT2D eigenvalue weighted by Crippen LogP contribution is 2.46. The topological polar surface area (TPSA) is 55.4 Å². The molecule has 43 heavy (non-hydrogen) atoms. The summed E-state index contributed by atoms with van der Waals surface area (Å²) in [4.78, 5) is 0. The van der Waals surface area contributed by atoms with Gasteiger partial charge in [0, 0.05) is 46.0 Å². The van der Waals surface area contributed by atoms with Gasteiger partial charge in [-0.05, 0) is 48.3 Å². The normalized spacial score (nSPS) is 12.2. The number of hydrogen-bond acceptors (Lipinski definition) is 6. The Morgan fingerprint density at radius 2 is 1.02 bits per heavy atom. The third-order valence-corrected chi connectivity index (χ3v) is 9.50. The average molecular weight is 652 g/mol. The van der Waals surface area contributed by atoms with Crippen molar-refractivity contribution in [3.05, 3.63) is 75.8 Å². The summed E-state index contributed by atoms with van der Waals surface area (Å²) in [5, 5.41) is 4.23. The Morgan fingerprint density at radius 1 is 0.605 bits per heavy atom. The molecule has 9 heteroatoms. The maximum Gasteiger partial charge on any atom is 0.189 e. The van der Waals surface area contributed by atoms with E-state index in [1.54, 1.807) is 14.2 Å². The molecule has 0 aliphatic heterocycles. The molecule has 0 amide bonds. The number of ether oxygens (including phenoxy) is 6. The monoisotopic (exact) mass is 650 g/mol. The van der Waals surface area contributed by atoms with Crippen molar-refractivity contribution in [1.29, 1.82) is 0 Å². The van der Waals surface area contributed by atoms with Crippen LogP contribution in [0.15, 0.2) is 54.6 Å². The molecule has 3 aromatic rings. The second-order valence-corrected chi connectivity index (χ2v) is 15.1. The zero-order valence-electron chi connectivity index (χ0n) is 26.6. The van der Waals surface area contributed by atoms with Crippen molar-refractivity contribution in [2.24, 2.45) is 0 Å². The molecule has 6 nitrogen and oxygen atoms in total. The summed E-state index contributed by atoms with van der Waals surface area (Å²) in [6.45, 7) is 14.8. The van der Waals surface area contributed by atoms with Gasteiger partial charge in [0.05, 0.1) is 26.4 Å². The van der Waals surface area contributed by atoms with Crippen molar-refractivity contribution in [1.82, 2.24) is 0 Å². The van der Waals surface area contributed by atoms with Crippen LogP contribution in [0.2, 0.25) is 10.0 Å². The fourth-order valence-electron chi connectivity index (χ4n) is 4.50. The van der Waals surface area contributed by atoms with Crippen LogP contribution in [0.4, 0.5) is 0 Å². The summed E-state index contributed by atoms with van der Waals surface area (Å²) in [6, 6.07) is 18.3. The summed E-state index contributed by atoms with van der Waals surface area (Å²) < 4.78 is 34.8. The molecule has 0 radical (unpaired) electrons. The zero-order chi connectivity index (χ0) is 31.6. The average Bonchev–Trinajstić information content (AvgIpc) is 2.94. The standard InChI is InChI=1S/C34H45Cl2O6P/c1-33(2,3)27-18-24(35)20-29(31(27)41-22-39-16-14-37-7)43(26-12-10-9-11-13-26)30-21-25(36)19-28(34(4,5)6)32(30)42-23-40-17-15-38-8/h9-13,18-21H,14-17,22-23H2,1-8H3. The Bertz CT molecular complexity index is 1220. The molecule has 0 fully saturated rings. The lowest BCUT2D eigenvalue weighted by Crippen LogP contribution is -2.29. The summed E-state index contributed by atoms with van der Waals surface area (Å²) in [5.74, 6) is 1.48. The van der Waals surface area contributed by atoms with Crippen LogP contribution in [0.25, 0.3) is 0 Å². The molecule has 0 heterocycles. The van der Waals surface area contributed by atoms with Gasteiger partial charge in [-0.25, -0.2) is 0 Å². The third kappa shape index (κ3) is 10.1. The summed E-state index contributed by atoms with van der Waals surface area (Å²) in [6.07, 6.45) is 0. The first-order valence-corrected chi connectivity index (χ1v) is 16.4. The molecule has 3 aromatic carbocycles. The molecule has 236 valence electrons. The van der Waals surface area contributed by atoms with Gasteiger partial charge in [-0.2, -0.15) is 0 Å². The maximum atomic E-state index is 6.87. The van der Waals surface area contributed by atoms with Crippen LogP contribution >= 0.6 is 31.1 Å². The first-order chi connectivity index (χ1) is 20.4. The number of methoxy groups -OCH3 is 2. The van der Waals surface area contributed by atoms with Crippen molar-refractivity contribution in [3.63, 3.8) is 0 Å². The minimum Gasteiger partial charge on any atom is -0.467 e. The minimum absolute atomic E-state index is 0.0680. The van der Waals surface area contributed by atoms with Crippen molar-refractivity contribution in [2.75, 3.05) is 54.2 Å². The Hall–Kier alpha value is -1.89. The molecule has 0 aromatic heterocycles. The molecule has 0 atom stereocenters. The first-order valence-electron chi connectivity index (χ1n) is 14.3. The molecule has 0 aliphatic carbocycles. The van der Waals surface area contributed by atoms with Gasteiger partial charge in [0.1, 0.15) is 11.5 Å². The van der Waals surface area contributed by atoms with E-state index in [0.717, 1.165) is 38.5 Å². The third-order valence-electron chi connectivity index (χ3n) is 6.62. The van der Waals surface area contributed by atoms with E-state index in [0.29, 0.717) is 36.5 Å². The Kier molecular flexibility index (Phi) is 13.6. The van der Waals surface area contributed by atoms with Gasteiger partial charge in [0.25, 0.3) is 0 Å². The molecule has 0 N–H and O–H groups in total. The molecule has 3 rings (SSSR count). The number of hydrogen-bond donors (Lipinski definition) is 0. The van der Waals surface area contributed by atoms with Gasteiger partial charge in [-0.1, -0.05) is 95.1 Å². The second kappa shape index (κ2) is 16.4. The van der Waals surface area contributed by atoms with Gasteiger partial charge in [0.2, 0.25) is 0 Å². The SMILES string of the molecule is COCCOCOc1c(P(c2ccccc2)c2cc(Cl)cc(C(C)(C)C)c2OCOCCOC)cc(Cl)cc1C(C)(C)C. The van der Waals surface area contributed by atoms with Gasteiger partial charge in [-0.15, -0.1) is 0 Å². The molecule has 0 saturated carbocycles. The number of benzene rings is 3. The molecule has 0 unspecified atom stereocenters. The zero-order valence-corrected chi connectivity index (χ0v) is 29.0. The largest absolute Gasteiger partial charge is 0.467 e. The van der Waals surface area contributed by atoms with Crippen LogP contribution in [0.3, 0.4) is 0 Å². The van der Waals surface area contributed by atoms with Crippen molar-refractivity contribution in [2.45, 2.75) is 52.4 Å². The fourth-order valence-corrected chi connectivity index (χ4v) is 7.68. The van der Waals surface area contributed by atoms with E-state index in [9.17, 15) is 0 Å².